The van der Waals surface area contributed by atoms with E-state index in [4.69, 9.17) is 25.8 Å². The molecule has 2 aromatic carbocycles. The molecular formula is C35H46ClN3O6S. The number of aryl methyl sites for hydroxylation is 1. The molecule has 250 valence electrons. The molecule has 11 heteroatoms. The first-order chi connectivity index (χ1) is 21.9. The molecule has 9 nitrogen and oxygen atoms in total. The van der Waals surface area contributed by atoms with E-state index >= 15 is 0 Å². The summed E-state index contributed by atoms with van der Waals surface area (Å²) in [6.45, 7) is 8.56. The van der Waals surface area contributed by atoms with Crippen LogP contribution in [0.25, 0.3) is 0 Å². The maximum Gasteiger partial charge on any atom is 0.287 e. The van der Waals surface area contributed by atoms with Crippen LogP contribution in [0, 0.1) is 17.8 Å². The molecular weight excluding hydrogens is 626 g/mol. The smallest absolute Gasteiger partial charge is 0.287 e. The Hall–Kier alpha value is -2.92. The largest absolute Gasteiger partial charge is 0.487 e. The van der Waals surface area contributed by atoms with E-state index in [2.05, 4.69) is 14.0 Å². The van der Waals surface area contributed by atoms with Crippen LogP contribution in [0.15, 0.2) is 57.8 Å². The Morgan fingerprint density at radius 3 is 2.67 bits per heavy atom. The Labute approximate surface area is 278 Å². The average Bonchev–Trinajstić information content (AvgIpc) is 3.03. The summed E-state index contributed by atoms with van der Waals surface area (Å²) < 4.78 is 39.9. The first-order valence-electron chi connectivity index (χ1n) is 16.2. The lowest BCUT2D eigenvalue weighted by Gasteiger charge is -2.43. The van der Waals surface area contributed by atoms with Crippen LogP contribution < -0.4 is 14.4 Å². The number of nitrogens with zero attached hydrogens (tertiary/aromatic N) is 2. The van der Waals surface area contributed by atoms with E-state index in [1.807, 2.05) is 30.4 Å². The highest BCUT2D eigenvalue weighted by atomic mass is 35.5. The van der Waals surface area contributed by atoms with Crippen molar-refractivity contribution in [3.63, 3.8) is 0 Å². The van der Waals surface area contributed by atoms with Gasteiger partial charge < -0.3 is 19.1 Å². The minimum absolute atomic E-state index is 0.0889. The molecule has 0 spiro atoms. The number of hydrogen-bond donors (Lipinski definition) is 1. The maximum atomic E-state index is 14.7. The summed E-state index contributed by atoms with van der Waals surface area (Å²) in [6.07, 6.45) is 8.64. The van der Waals surface area contributed by atoms with Gasteiger partial charge in [0.1, 0.15) is 18.0 Å². The fourth-order valence-corrected chi connectivity index (χ4v) is 8.10. The highest BCUT2D eigenvalue weighted by Gasteiger charge is 2.38. The minimum Gasteiger partial charge on any atom is -0.487 e. The van der Waals surface area contributed by atoms with Crippen molar-refractivity contribution >= 4 is 39.0 Å². The zero-order chi connectivity index (χ0) is 33.1. The normalized spacial score (nSPS) is 27.5. The fourth-order valence-electron chi connectivity index (χ4n) is 6.15. The molecule has 2 heterocycles. The van der Waals surface area contributed by atoms with Crippen LogP contribution in [-0.4, -0.2) is 54.5 Å². The molecule has 3 aliphatic rings. The van der Waals surface area contributed by atoms with E-state index in [0.717, 1.165) is 56.4 Å². The number of carbonyl (C=O) groups is 2. The van der Waals surface area contributed by atoms with Gasteiger partial charge in [0.05, 0.1) is 23.3 Å². The second-order valence-electron chi connectivity index (χ2n) is 13.2. The van der Waals surface area contributed by atoms with E-state index in [0.29, 0.717) is 29.2 Å². The lowest BCUT2D eigenvalue weighted by molar-refractivity contribution is -0.137. The number of anilines is 1. The lowest BCUT2D eigenvalue weighted by Crippen LogP contribution is -2.44. The lowest BCUT2D eigenvalue weighted by atomic mass is 9.70. The Bertz CT molecular complexity index is 1600. The Morgan fingerprint density at radius 1 is 1.15 bits per heavy atom. The van der Waals surface area contributed by atoms with Gasteiger partial charge in [0.15, 0.2) is 9.92 Å². The van der Waals surface area contributed by atoms with E-state index < -0.39 is 33.2 Å². The number of amides is 2. The number of ether oxygens (including phenoxy) is 3. The highest BCUT2D eigenvalue weighted by Crippen LogP contribution is 2.42. The molecule has 5 rings (SSSR count). The monoisotopic (exact) mass is 671 g/mol. The first kappa shape index (κ1) is 34.4. The maximum absolute atomic E-state index is 14.7. The summed E-state index contributed by atoms with van der Waals surface area (Å²) >= 11 is 6.35. The van der Waals surface area contributed by atoms with Crippen molar-refractivity contribution in [2.75, 3.05) is 31.7 Å². The number of rotatable bonds is 3. The number of benzene rings is 2. The van der Waals surface area contributed by atoms with Gasteiger partial charge in [-0.15, -0.1) is 4.36 Å². The summed E-state index contributed by atoms with van der Waals surface area (Å²) in [5, 5.41) is 0.701. The summed E-state index contributed by atoms with van der Waals surface area (Å²) in [7, 11) is -2.02. The molecule has 1 aliphatic carbocycles. The van der Waals surface area contributed by atoms with Gasteiger partial charge in [-0.1, -0.05) is 43.7 Å². The predicted molar refractivity (Wildman–Crippen MR) is 180 cm³/mol. The molecule has 2 bridgehead atoms. The Morgan fingerprint density at radius 2 is 1.96 bits per heavy atom. The number of hydrogen-bond acceptors (Lipinski definition) is 7. The molecule has 2 aliphatic heterocycles. The molecule has 4 atom stereocenters. The van der Waals surface area contributed by atoms with Gasteiger partial charge in [-0.25, -0.2) is 4.21 Å². The second kappa shape index (κ2) is 14.5. The number of halogens is 1. The van der Waals surface area contributed by atoms with Gasteiger partial charge in [0.25, 0.3) is 5.91 Å². The third kappa shape index (κ3) is 7.78. The molecule has 0 aromatic heterocycles. The molecule has 1 saturated carbocycles. The summed E-state index contributed by atoms with van der Waals surface area (Å²) in [5.74, 6) is -0.390. The molecule has 2 amide bonds. The van der Waals surface area contributed by atoms with Gasteiger partial charge in [0.2, 0.25) is 5.91 Å². The molecule has 46 heavy (non-hydrogen) atoms. The third-order valence-corrected chi connectivity index (χ3v) is 11.3. The van der Waals surface area contributed by atoms with Gasteiger partial charge in [-0.05, 0) is 99.2 Å². The van der Waals surface area contributed by atoms with Gasteiger partial charge in [-0.2, -0.15) is 0 Å². The summed E-state index contributed by atoms with van der Waals surface area (Å²) in [4.78, 5) is 29.1. The quantitative estimate of drug-likeness (QED) is 0.371. The molecule has 1 N–H and O–H groups in total. The summed E-state index contributed by atoms with van der Waals surface area (Å²) in [6, 6.07) is 11.1. The van der Waals surface area contributed by atoms with E-state index in [-0.39, 0.29) is 17.6 Å². The second-order valence-corrected chi connectivity index (χ2v) is 15.6. The van der Waals surface area contributed by atoms with Crippen LogP contribution >= 0.6 is 11.6 Å². The van der Waals surface area contributed by atoms with Gasteiger partial charge in [0, 0.05) is 31.1 Å². The predicted octanol–water partition coefficient (Wildman–Crippen LogP) is 6.51. The highest BCUT2D eigenvalue weighted by molar-refractivity contribution is 7.92. The van der Waals surface area contributed by atoms with Gasteiger partial charge >= 0.3 is 0 Å². The van der Waals surface area contributed by atoms with E-state index in [9.17, 15) is 13.8 Å². The molecule has 0 radical (unpaired) electrons. The van der Waals surface area contributed by atoms with Crippen molar-refractivity contribution in [3.05, 3.63) is 64.7 Å². The van der Waals surface area contributed by atoms with E-state index in [1.54, 1.807) is 53.0 Å². The minimum atomic E-state index is -3.74. The van der Waals surface area contributed by atoms with Crippen LogP contribution in [0.4, 0.5) is 5.69 Å². The Kier molecular flexibility index (Phi) is 10.8. The van der Waals surface area contributed by atoms with Crippen molar-refractivity contribution in [1.82, 2.24) is 4.72 Å². The standard InChI is InChI=1S/C35H46ClN3O6S/c1-23(2)33(40)37-46(42)28-14-16-32-30(20-28)39(17-7-6-9-24-19-27(36)13-11-26(24)22-44-32)21-25-12-15-29(25)31(43-5)10-8-18-45-35(3,4)34(41)38-46/h8,10-11,13-14,16,19-20,23,25,29,31H,6-7,9,12,15,17-18,21-22H2,1-5H3,(H,37,38,40,41,42)/b10-8+/t25-,29+,31+,46+/m0/s1. The number of nitrogens with one attached hydrogen (secondary N) is 1. The van der Waals surface area contributed by atoms with Crippen molar-refractivity contribution in [3.8, 4) is 5.75 Å². The van der Waals surface area contributed by atoms with Crippen molar-refractivity contribution in [1.29, 1.82) is 0 Å². The number of fused-ring (bicyclic) bond motifs is 3. The topological polar surface area (TPSA) is 107 Å². The van der Waals surface area contributed by atoms with Crippen molar-refractivity contribution in [2.24, 2.45) is 22.1 Å². The van der Waals surface area contributed by atoms with Crippen LogP contribution in [0.3, 0.4) is 0 Å². The van der Waals surface area contributed by atoms with Crippen molar-refractivity contribution < 1.29 is 28.0 Å². The molecule has 1 fully saturated rings. The fraction of sp³-hybridized carbons (Fsp3) is 0.543. The summed E-state index contributed by atoms with van der Waals surface area (Å²) in [5.41, 5.74) is 1.59. The van der Waals surface area contributed by atoms with Crippen LogP contribution in [0.5, 0.6) is 5.75 Å². The van der Waals surface area contributed by atoms with Crippen LogP contribution in [0.1, 0.15) is 64.5 Å². The van der Waals surface area contributed by atoms with Gasteiger partial charge in [-0.3, -0.25) is 14.3 Å². The molecule has 0 saturated heterocycles. The van der Waals surface area contributed by atoms with Crippen LogP contribution in [0.2, 0.25) is 5.02 Å². The third-order valence-electron chi connectivity index (χ3n) is 9.25. The number of methoxy groups -OCH3 is 1. The van der Waals surface area contributed by atoms with Crippen molar-refractivity contribution in [2.45, 2.75) is 83.0 Å². The SMILES string of the molecule is CO[C@@H]1/C=C/COC(C)(C)C(=O)N=[S@](=O)(NC(=O)C(C)C)c2ccc3c(c2)N(CCCCc2cc(Cl)ccc2CO3)C[C@@H]2CC[C@H]21. The molecule has 2 aromatic rings. The number of carbonyl (C=O) groups excluding carboxylic acids is 2. The molecule has 0 unspecified atom stereocenters. The van der Waals surface area contributed by atoms with Crippen LogP contribution in [-0.2, 0) is 42.0 Å². The Balaban J connectivity index is 1.66. The zero-order valence-corrected chi connectivity index (χ0v) is 29.0. The average molecular weight is 672 g/mol. The zero-order valence-electron chi connectivity index (χ0n) is 27.4. The van der Waals surface area contributed by atoms with E-state index in [1.165, 1.54) is 5.56 Å². The first-order valence-corrected chi connectivity index (χ1v) is 18.0.